The van der Waals surface area contributed by atoms with Crippen LogP contribution in [0.4, 0.5) is 0 Å². The highest BCUT2D eigenvalue weighted by atomic mass is 32.2. The zero-order chi connectivity index (χ0) is 26.6. The van der Waals surface area contributed by atoms with Gasteiger partial charge in [0.2, 0.25) is 0 Å². The molecule has 0 fully saturated rings. The lowest BCUT2D eigenvalue weighted by atomic mass is 10.1. The lowest BCUT2D eigenvalue weighted by Gasteiger charge is -2.39. The molecule has 2 aromatic rings. The maximum absolute atomic E-state index is 4.66. The van der Waals surface area contributed by atoms with Crippen molar-refractivity contribution in [3.8, 4) is 11.4 Å². The van der Waals surface area contributed by atoms with E-state index in [1.807, 2.05) is 24.2 Å². The molecule has 1 heterocycles. The Morgan fingerprint density at radius 3 is 1.68 bits per heavy atom. The van der Waals surface area contributed by atoms with E-state index in [-0.39, 0.29) is 0 Å². The van der Waals surface area contributed by atoms with Crippen LogP contribution in [0.25, 0.3) is 11.4 Å². The molecule has 0 atom stereocenters. The predicted molar refractivity (Wildman–Crippen MR) is 164 cm³/mol. The second-order valence-electron chi connectivity index (χ2n) is 11.0. The largest absolute Gasteiger partial charge is 0.324 e. The third-order valence-electron chi connectivity index (χ3n) is 7.64. The SMILES string of the molecule is CCCCCCCCc1cnc(-c2ccc(SCCC[N+](CCCC)(CCCC)CCCC)cc2)nc1. The molecule has 4 heteroatoms. The van der Waals surface area contributed by atoms with Gasteiger partial charge in [0, 0.05) is 35.0 Å². The molecule has 2 rings (SSSR count). The molecule has 1 aromatic carbocycles. The zero-order valence-electron chi connectivity index (χ0n) is 24.6. The number of aryl methyl sites for hydroxylation is 1. The molecule has 0 aliphatic carbocycles. The van der Waals surface area contributed by atoms with Crippen LogP contribution in [0.2, 0.25) is 0 Å². The van der Waals surface area contributed by atoms with Crippen LogP contribution in [0.15, 0.2) is 41.6 Å². The van der Waals surface area contributed by atoms with Gasteiger partial charge in [-0.1, -0.05) is 91.2 Å². The van der Waals surface area contributed by atoms with Gasteiger partial charge >= 0.3 is 0 Å². The van der Waals surface area contributed by atoms with Crippen LogP contribution in [-0.4, -0.2) is 46.4 Å². The van der Waals surface area contributed by atoms with Crippen molar-refractivity contribution in [2.45, 2.75) is 122 Å². The molecule has 3 nitrogen and oxygen atoms in total. The molecule has 0 saturated heterocycles. The minimum absolute atomic E-state index is 0.841. The summed E-state index contributed by atoms with van der Waals surface area (Å²) in [7, 11) is 0. The van der Waals surface area contributed by atoms with E-state index in [0.29, 0.717) is 0 Å². The van der Waals surface area contributed by atoms with Gasteiger partial charge in [-0.05, 0) is 49.8 Å². The summed E-state index contributed by atoms with van der Waals surface area (Å²) in [4.78, 5) is 10.7. The minimum atomic E-state index is 0.841. The van der Waals surface area contributed by atoms with Crippen LogP contribution in [-0.2, 0) is 6.42 Å². The van der Waals surface area contributed by atoms with E-state index in [2.05, 4.69) is 61.9 Å². The summed E-state index contributed by atoms with van der Waals surface area (Å²) in [5.41, 5.74) is 2.38. The lowest BCUT2D eigenvalue weighted by molar-refractivity contribution is -0.928. The molecule has 1 aromatic heterocycles. The van der Waals surface area contributed by atoms with Crippen LogP contribution in [0.3, 0.4) is 0 Å². The monoisotopic (exact) mass is 526 g/mol. The molecule has 0 aliphatic heterocycles. The van der Waals surface area contributed by atoms with Crippen molar-refractivity contribution in [3.05, 3.63) is 42.2 Å². The maximum Gasteiger partial charge on any atom is 0.159 e. The van der Waals surface area contributed by atoms with Crippen molar-refractivity contribution < 1.29 is 4.48 Å². The molecule has 0 N–H and O–H groups in total. The minimum Gasteiger partial charge on any atom is -0.324 e. The van der Waals surface area contributed by atoms with Crippen molar-refractivity contribution in [2.75, 3.05) is 31.9 Å². The van der Waals surface area contributed by atoms with Gasteiger partial charge in [-0.25, -0.2) is 9.97 Å². The molecule has 0 unspecified atom stereocenters. The van der Waals surface area contributed by atoms with E-state index in [1.165, 1.54) is 130 Å². The second kappa shape index (κ2) is 19.6. The van der Waals surface area contributed by atoms with E-state index in [0.717, 1.165) is 17.8 Å². The molecule has 208 valence electrons. The summed E-state index contributed by atoms with van der Waals surface area (Å²) in [6.45, 7) is 14.7. The Kier molecular flexibility index (Phi) is 16.9. The fourth-order valence-electron chi connectivity index (χ4n) is 5.18. The van der Waals surface area contributed by atoms with Gasteiger partial charge in [0.05, 0.1) is 26.2 Å². The van der Waals surface area contributed by atoms with Crippen LogP contribution >= 0.6 is 11.8 Å². The Hall–Kier alpha value is -1.39. The Labute approximate surface area is 233 Å². The Bertz CT molecular complexity index is 782. The predicted octanol–water partition coefficient (Wildman–Crippen LogP) is 9.75. The molecule has 0 amide bonds. The topological polar surface area (TPSA) is 25.8 Å². The zero-order valence-corrected chi connectivity index (χ0v) is 25.5. The molecular formula is C33H56N3S+. The number of thioether (sulfide) groups is 1. The first-order valence-electron chi connectivity index (χ1n) is 15.6. The summed E-state index contributed by atoms with van der Waals surface area (Å²) in [5, 5.41) is 0. The van der Waals surface area contributed by atoms with Gasteiger partial charge < -0.3 is 4.48 Å². The van der Waals surface area contributed by atoms with Crippen molar-refractivity contribution in [1.82, 2.24) is 9.97 Å². The summed E-state index contributed by atoms with van der Waals surface area (Å²) in [5.74, 6) is 2.04. The molecular weight excluding hydrogens is 470 g/mol. The summed E-state index contributed by atoms with van der Waals surface area (Å²) in [6.07, 6.45) is 22.4. The van der Waals surface area contributed by atoms with Crippen molar-refractivity contribution in [3.63, 3.8) is 0 Å². The average molecular weight is 527 g/mol. The number of hydrogen-bond donors (Lipinski definition) is 0. The molecule has 0 radical (unpaired) electrons. The molecule has 0 saturated carbocycles. The maximum atomic E-state index is 4.66. The highest BCUT2D eigenvalue weighted by Crippen LogP contribution is 2.24. The van der Waals surface area contributed by atoms with Gasteiger partial charge in [-0.15, -0.1) is 11.8 Å². The van der Waals surface area contributed by atoms with Gasteiger partial charge in [0.15, 0.2) is 5.82 Å². The smallest absolute Gasteiger partial charge is 0.159 e. The summed E-state index contributed by atoms with van der Waals surface area (Å²) >= 11 is 2.00. The Morgan fingerprint density at radius 2 is 1.11 bits per heavy atom. The number of hydrogen-bond acceptors (Lipinski definition) is 3. The van der Waals surface area contributed by atoms with Crippen LogP contribution < -0.4 is 0 Å². The fourth-order valence-corrected chi connectivity index (χ4v) is 6.02. The third-order valence-corrected chi connectivity index (χ3v) is 8.74. The van der Waals surface area contributed by atoms with E-state index < -0.39 is 0 Å². The number of aromatic nitrogens is 2. The molecule has 37 heavy (non-hydrogen) atoms. The molecule has 0 bridgehead atoms. The van der Waals surface area contributed by atoms with Gasteiger partial charge in [-0.2, -0.15) is 0 Å². The first-order valence-corrected chi connectivity index (χ1v) is 16.5. The highest BCUT2D eigenvalue weighted by Gasteiger charge is 2.25. The average Bonchev–Trinajstić information content (AvgIpc) is 2.94. The lowest BCUT2D eigenvalue weighted by Crippen LogP contribution is -2.50. The van der Waals surface area contributed by atoms with Gasteiger partial charge in [0.25, 0.3) is 0 Å². The number of rotatable bonds is 22. The van der Waals surface area contributed by atoms with E-state index >= 15 is 0 Å². The quantitative estimate of drug-likeness (QED) is 0.0867. The fraction of sp³-hybridized carbons (Fsp3) is 0.697. The van der Waals surface area contributed by atoms with Crippen LogP contribution in [0.1, 0.15) is 117 Å². The van der Waals surface area contributed by atoms with Crippen LogP contribution in [0.5, 0.6) is 0 Å². The molecule has 0 spiro atoms. The third kappa shape index (κ3) is 12.8. The highest BCUT2D eigenvalue weighted by molar-refractivity contribution is 7.99. The number of quaternary nitrogens is 1. The first kappa shape index (κ1) is 31.8. The van der Waals surface area contributed by atoms with Gasteiger partial charge in [0.1, 0.15) is 0 Å². The van der Waals surface area contributed by atoms with Gasteiger partial charge in [-0.3, -0.25) is 0 Å². The normalized spacial score (nSPS) is 11.8. The Morgan fingerprint density at radius 1 is 0.595 bits per heavy atom. The van der Waals surface area contributed by atoms with E-state index in [4.69, 9.17) is 0 Å². The van der Waals surface area contributed by atoms with Crippen LogP contribution in [0, 0.1) is 0 Å². The Balaban J connectivity index is 1.81. The summed E-state index contributed by atoms with van der Waals surface area (Å²) < 4.78 is 1.35. The second-order valence-corrected chi connectivity index (χ2v) is 12.1. The number of benzene rings is 1. The molecule has 0 aliphatic rings. The number of nitrogens with zero attached hydrogens (tertiary/aromatic N) is 3. The van der Waals surface area contributed by atoms with Crippen molar-refractivity contribution in [1.29, 1.82) is 0 Å². The van der Waals surface area contributed by atoms with Crippen molar-refractivity contribution in [2.24, 2.45) is 0 Å². The number of unbranched alkanes of at least 4 members (excludes halogenated alkanes) is 8. The standard InChI is InChI=1S/C33H56N3S/c1-5-9-13-14-15-16-18-30-28-34-33(35-29-30)31-19-21-32(22-20-31)37-27-17-26-36(23-10-6-2,24-11-7-3)25-12-8-4/h19-22,28-29H,5-18,23-27H2,1-4H3/q+1. The first-order chi connectivity index (χ1) is 18.2. The van der Waals surface area contributed by atoms with Crippen molar-refractivity contribution >= 4 is 11.8 Å². The van der Waals surface area contributed by atoms with E-state index in [1.54, 1.807) is 0 Å². The van der Waals surface area contributed by atoms with E-state index in [9.17, 15) is 0 Å². The summed E-state index contributed by atoms with van der Waals surface area (Å²) in [6, 6.07) is 8.88.